The summed E-state index contributed by atoms with van der Waals surface area (Å²) in [5.41, 5.74) is 1.07. The van der Waals surface area contributed by atoms with Gasteiger partial charge in [0.1, 0.15) is 5.75 Å². The number of amides is 1. The van der Waals surface area contributed by atoms with E-state index in [1.807, 2.05) is 50.1 Å². The molecule has 1 aromatic carbocycles. The number of piperidine rings is 1. The van der Waals surface area contributed by atoms with Crippen molar-refractivity contribution in [1.82, 2.24) is 10.2 Å². The van der Waals surface area contributed by atoms with E-state index in [9.17, 15) is 4.79 Å². The number of aryl methyl sites for hydroxylation is 1. The molecule has 1 fully saturated rings. The predicted molar refractivity (Wildman–Crippen MR) is 93.7 cm³/mol. The summed E-state index contributed by atoms with van der Waals surface area (Å²) in [5.74, 6) is 1.70. The van der Waals surface area contributed by atoms with E-state index in [1.54, 1.807) is 0 Å². The van der Waals surface area contributed by atoms with Gasteiger partial charge in [0.2, 0.25) is 0 Å². The summed E-state index contributed by atoms with van der Waals surface area (Å²) in [5, 5.41) is 3.21. The molecule has 1 saturated heterocycles. The molecular weight excluding hydrogens is 288 g/mol. The normalized spacial score (nSPS) is 17.1. The zero-order valence-corrected chi connectivity index (χ0v) is 14.7. The number of rotatable bonds is 7. The van der Waals surface area contributed by atoms with Gasteiger partial charge in [0.25, 0.3) is 5.91 Å². The summed E-state index contributed by atoms with van der Waals surface area (Å²) < 4.78 is 6.00. The molecule has 0 saturated carbocycles. The van der Waals surface area contributed by atoms with Crippen molar-refractivity contribution in [2.75, 3.05) is 26.7 Å². The van der Waals surface area contributed by atoms with Gasteiger partial charge in [-0.25, -0.2) is 0 Å². The van der Waals surface area contributed by atoms with Crippen LogP contribution < -0.4 is 10.1 Å². The molecule has 1 aromatic rings. The van der Waals surface area contributed by atoms with Gasteiger partial charge in [-0.15, -0.1) is 0 Å². The van der Waals surface area contributed by atoms with Crippen molar-refractivity contribution in [3.63, 3.8) is 0 Å². The van der Waals surface area contributed by atoms with Gasteiger partial charge in [0.15, 0.2) is 6.10 Å². The first-order valence-corrected chi connectivity index (χ1v) is 8.81. The van der Waals surface area contributed by atoms with Crippen molar-refractivity contribution < 1.29 is 9.53 Å². The molecular formula is C19H30N2O2. The number of para-hydroxylation sites is 1. The summed E-state index contributed by atoms with van der Waals surface area (Å²) in [4.78, 5) is 14.7. The Hall–Kier alpha value is -1.55. The van der Waals surface area contributed by atoms with Gasteiger partial charge in [-0.3, -0.25) is 4.79 Å². The topological polar surface area (TPSA) is 41.6 Å². The number of carbonyl (C=O) groups is 1. The van der Waals surface area contributed by atoms with E-state index >= 15 is 0 Å². The van der Waals surface area contributed by atoms with Crippen LogP contribution in [-0.2, 0) is 4.79 Å². The van der Waals surface area contributed by atoms with Crippen LogP contribution in [0.1, 0.15) is 38.2 Å². The van der Waals surface area contributed by atoms with Gasteiger partial charge in [-0.1, -0.05) is 25.1 Å². The molecule has 4 nitrogen and oxygen atoms in total. The fourth-order valence-corrected chi connectivity index (χ4v) is 3.14. The first kappa shape index (κ1) is 17.8. The molecule has 128 valence electrons. The molecule has 1 amide bonds. The first-order chi connectivity index (χ1) is 11.2. The second-order valence-electron chi connectivity index (χ2n) is 6.44. The van der Waals surface area contributed by atoms with Gasteiger partial charge < -0.3 is 15.0 Å². The molecule has 0 radical (unpaired) electrons. The molecule has 0 bridgehead atoms. The van der Waals surface area contributed by atoms with E-state index in [1.165, 1.54) is 6.42 Å². The maximum Gasteiger partial charge on any atom is 0.263 e. The molecule has 1 unspecified atom stereocenters. The summed E-state index contributed by atoms with van der Waals surface area (Å²) >= 11 is 0. The third-order valence-electron chi connectivity index (χ3n) is 4.74. The number of likely N-dealkylation sites (tertiary alicyclic amines) is 1. The summed E-state index contributed by atoms with van der Waals surface area (Å²) in [6.07, 6.45) is 3.75. The zero-order valence-electron chi connectivity index (χ0n) is 14.7. The van der Waals surface area contributed by atoms with E-state index < -0.39 is 0 Å². The van der Waals surface area contributed by atoms with Crippen LogP contribution in [0.2, 0.25) is 0 Å². The Kier molecular flexibility index (Phi) is 6.90. The average Bonchev–Trinajstić information content (AvgIpc) is 2.59. The Labute approximate surface area is 140 Å². The molecule has 23 heavy (non-hydrogen) atoms. The number of nitrogens with zero attached hydrogens (tertiary/aromatic N) is 1. The minimum atomic E-state index is -0.370. The van der Waals surface area contributed by atoms with Crippen molar-refractivity contribution in [1.29, 1.82) is 0 Å². The molecule has 1 atom stereocenters. The largest absolute Gasteiger partial charge is 0.480 e. The summed E-state index contributed by atoms with van der Waals surface area (Å²) in [7, 11) is 1.99. The van der Waals surface area contributed by atoms with E-state index in [-0.39, 0.29) is 12.0 Å². The Morgan fingerprint density at radius 3 is 2.65 bits per heavy atom. The molecule has 2 rings (SSSR count). The van der Waals surface area contributed by atoms with Crippen LogP contribution in [0.3, 0.4) is 0 Å². The van der Waals surface area contributed by atoms with Crippen molar-refractivity contribution in [2.24, 2.45) is 5.92 Å². The highest BCUT2D eigenvalue weighted by Gasteiger charge is 2.28. The molecule has 0 aromatic heterocycles. The van der Waals surface area contributed by atoms with E-state index in [0.717, 1.165) is 49.7 Å². The molecule has 1 heterocycles. The third-order valence-corrected chi connectivity index (χ3v) is 4.74. The third kappa shape index (κ3) is 4.96. The fraction of sp³-hybridized carbons (Fsp3) is 0.632. The van der Waals surface area contributed by atoms with E-state index in [2.05, 4.69) is 5.32 Å². The average molecular weight is 318 g/mol. The highest BCUT2D eigenvalue weighted by atomic mass is 16.5. The van der Waals surface area contributed by atoms with Gasteiger partial charge in [0, 0.05) is 13.1 Å². The second kappa shape index (κ2) is 8.92. The Bertz CT molecular complexity index is 496. The fourth-order valence-electron chi connectivity index (χ4n) is 3.14. The maximum absolute atomic E-state index is 12.8. The predicted octanol–water partition coefficient (Wildman–Crippen LogP) is 3.00. The molecule has 0 aliphatic carbocycles. The summed E-state index contributed by atoms with van der Waals surface area (Å²) in [6, 6.07) is 7.89. The lowest BCUT2D eigenvalue weighted by Crippen LogP contribution is -2.45. The van der Waals surface area contributed by atoms with Crippen molar-refractivity contribution >= 4 is 5.91 Å². The smallest absolute Gasteiger partial charge is 0.263 e. The minimum Gasteiger partial charge on any atom is -0.480 e. The van der Waals surface area contributed by atoms with Crippen LogP contribution in [0.5, 0.6) is 5.75 Å². The van der Waals surface area contributed by atoms with Crippen LogP contribution in [0, 0.1) is 12.8 Å². The SMILES string of the molecule is CCC(Oc1ccccc1C)C(=O)N1CCC(CCNC)CC1. The van der Waals surface area contributed by atoms with Crippen molar-refractivity contribution in [2.45, 2.75) is 45.6 Å². The van der Waals surface area contributed by atoms with Gasteiger partial charge in [-0.05, 0) is 63.7 Å². The Morgan fingerprint density at radius 1 is 1.35 bits per heavy atom. The van der Waals surface area contributed by atoms with Gasteiger partial charge in [-0.2, -0.15) is 0 Å². The van der Waals surface area contributed by atoms with Crippen LogP contribution >= 0.6 is 0 Å². The monoisotopic (exact) mass is 318 g/mol. The number of carbonyl (C=O) groups excluding carboxylic acids is 1. The van der Waals surface area contributed by atoms with Crippen LogP contribution in [0.15, 0.2) is 24.3 Å². The van der Waals surface area contributed by atoms with Crippen LogP contribution in [-0.4, -0.2) is 43.6 Å². The standard InChI is InChI=1S/C19H30N2O2/c1-4-17(23-18-8-6-5-7-15(18)2)19(22)21-13-10-16(11-14-21)9-12-20-3/h5-8,16-17,20H,4,9-14H2,1-3H3. The molecule has 1 N–H and O–H groups in total. The highest BCUT2D eigenvalue weighted by Crippen LogP contribution is 2.23. The van der Waals surface area contributed by atoms with Gasteiger partial charge in [0.05, 0.1) is 0 Å². The molecule has 0 spiro atoms. The lowest BCUT2D eigenvalue weighted by molar-refractivity contribution is -0.140. The van der Waals surface area contributed by atoms with E-state index in [4.69, 9.17) is 4.74 Å². The number of hydrogen-bond acceptors (Lipinski definition) is 3. The number of nitrogens with one attached hydrogen (secondary N) is 1. The number of ether oxygens (including phenoxy) is 1. The Balaban J connectivity index is 1.89. The quantitative estimate of drug-likeness (QED) is 0.840. The first-order valence-electron chi connectivity index (χ1n) is 8.81. The second-order valence-corrected chi connectivity index (χ2v) is 6.44. The van der Waals surface area contributed by atoms with Crippen molar-refractivity contribution in [3.05, 3.63) is 29.8 Å². The van der Waals surface area contributed by atoms with Crippen LogP contribution in [0.4, 0.5) is 0 Å². The summed E-state index contributed by atoms with van der Waals surface area (Å²) in [6.45, 7) is 6.81. The number of benzene rings is 1. The molecule has 1 aliphatic rings. The zero-order chi connectivity index (χ0) is 16.7. The maximum atomic E-state index is 12.8. The number of hydrogen-bond donors (Lipinski definition) is 1. The van der Waals surface area contributed by atoms with E-state index in [0.29, 0.717) is 6.42 Å². The molecule has 4 heteroatoms. The Morgan fingerprint density at radius 2 is 2.04 bits per heavy atom. The van der Waals surface area contributed by atoms with Crippen LogP contribution in [0.25, 0.3) is 0 Å². The lowest BCUT2D eigenvalue weighted by atomic mass is 9.93. The minimum absolute atomic E-state index is 0.141. The van der Waals surface area contributed by atoms with Gasteiger partial charge >= 0.3 is 0 Å². The van der Waals surface area contributed by atoms with Crippen molar-refractivity contribution in [3.8, 4) is 5.75 Å². The highest BCUT2D eigenvalue weighted by molar-refractivity contribution is 5.81. The molecule has 1 aliphatic heterocycles. The lowest BCUT2D eigenvalue weighted by Gasteiger charge is -2.34.